The van der Waals surface area contributed by atoms with Gasteiger partial charge in [-0.25, -0.2) is 4.79 Å². The predicted octanol–water partition coefficient (Wildman–Crippen LogP) is 2.52. The molecule has 0 N–H and O–H groups in total. The van der Waals surface area contributed by atoms with Gasteiger partial charge in [0, 0.05) is 19.6 Å². The van der Waals surface area contributed by atoms with Crippen molar-refractivity contribution in [1.29, 1.82) is 0 Å². The van der Waals surface area contributed by atoms with Crippen LogP contribution in [0.3, 0.4) is 0 Å². The first kappa shape index (κ1) is 23.8. The summed E-state index contributed by atoms with van der Waals surface area (Å²) < 4.78 is 31.3. The average molecular weight is 411 g/mol. The van der Waals surface area contributed by atoms with Gasteiger partial charge in [0.05, 0.1) is 25.7 Å². The second kappa shape index (κ2) is 12.2. The lowest BCUT2D eigenvalue weighted by Gasteiger charge is -2.27. The molecule has 0 saturated carbocycles. The van der Waals surface area contributed by atoms with Gasteiger partial charge in [-0.3, -0.25) is 9.59 Å². The standard InChI is InChI=1S/C17H27ClO9/c1-4-22-15(9-13(18)19)24-8-6-7-17(25-11-12(3)27-17)10-14(20)26-16(21)23-5-2/h12,15H,4-11H2,1-3H3. The Hall–Kier alpha value is -1.26. The first-order valence-electron chi connectivity index (χ1n) is 8.91. The Morgan fingerprint density at radius 3 is 2.52 bits per heavy atom. The second-order valence-corrected chi connectivity index (χ2v) is 6.32. The lowest BCUT2D eigenvalue weighted by atomic mass is 10.1. The van der Waals surface area contributed by atoms with Crippen LogP contribution in [0.2, 0.25) is 0 Å². The van der Waals surface area contributed by atoms with Crippen molar-refractivity contribution in [3.8, 4) is 0 Å². The lowest BCUT2D eigenvalue weighted by molar-refractivity contribution is -0.194. The topological polar surface area (TPSA) is 107 Å². The van der Waals surface area contributed by atoms with Gasteiger partial charge in [-0.2, -0.15) is 0 Å². The van der Waals surface area contributed by atoms with E-state index in [0.717, 1.165) is 0 Å². The maximum Gasteiger partial charge on any atom is 0.516 e. The molecule has 1 heterocycles. The molecule has 0 aromatic heterocycles. The highest BCUT2D eigenvalue weighted by atomic mass is 35.5. The van der Waals surface area contributed by atoms with Crippen molar-refractivity contribution in [2.45, 2.75) is 64.6 Å². The van der Waals surface area contributed by atoms with E-state index in [-0.39, 0.29) is 32.2 Å². The van der Waals surface area contributed by atoms with Crippen molar-refractivity contribution < 1.29 is 42.8 Å². The number of esters is 1. The number of hydrogen-bond donors (Lipinski definition) is 0. The monoisotopic (exact) mass is 410 g/mol. The first-order chi connectivity index (χ1) is 12.8. The molecule has 3 unspecified atom stereocenters. The Morgan fingerprint density at radius 2 is 1.96 bits per heavy atom. The molecule has 1 fully saturated rings. The van der Waals surface area contributed by atoms with Crippen LogP contribution in [0.5, 0.6) is 0 Å². The van der Waals surface area contributed by atoms with Crippen LogP contribution >= 0.6 is 11.6 Å². The van der Waals surface area contributed by atoms with Crippen molar-refractivity contribution in [3.63, 3.8) is 0 Å². The summed E-state index contributed by atoms with van der Waals surface area (Å²) in [5.74, 6) is -2.00. The number of rotatable bonds is 12. The zero-order valence-electron chi connectivity index (χ0n) is 15.9. The zero-order chi connectivity index (χ0) is 20.3. The molecule has 0 aromatic rings. The molecule has 1 rings (SSSR count). The first-order valence-corrected chi connectivity index (χ1v) is 9.28. The van der Waals surface area contributed by atoms with Crippen molar-refractivity contribution in [3.05, 3.63) is 0 Å². The highest BCUT2D eigenvalue weighted by Crippen LogP contribution is 2.32. The number of ether oxygens (including phenoxy) is 6. The van der Waals surface area contributed by atoms with Crippen LogP contribution in [-0.2, 0) is 38.0 Å². The van der Waals surface area contributed by atoms with E-state index in [9.17, 15) is 14.4 Å². The van der Waals surface area contributed by atoms with Crippen LogP contribution in [0.1, 0.15) is 46.5 Å². The molecular weight excluding hydrogens is 384 g/mol. The fourth-order valence-corrected chi connectivity index (χ4v) is 2.68. The molecule has 0 bridgehead atoms. The molecule has 9 nitrogen and oxygen atoms in total. The summed E-state index contributed by atoms with van der Waals surface area (Å²) in [6.45, 7) is 6.23. The van der Waals surface area contributed by atoms with E-state index in [4.69, 9.17) is 30.5 Å². The van der Waals surface area contributed by atoms with Crippen molar-refractivity contribution in [2.24, 2.45) is 0 Å². The van der Waals surface area contributed by atoms with Gasteiger partial charge in [0.2, 0.25) is 5.24 Å². The quantitative estimate of drug-likeness (QED) is 0.158. The lowest BCUT2D eigenvalue weighted by Crippen LogP contribution is -2.35. The predicted molar refractivity (Wildman–Crippen MR) is 93.0 cm³/mol. The maximum atomic E-state index is 12.0. The van der Waals surface area contributed by atoms with Crippen LogP contribution in [0.25, 0.3) is 0 Å². The molecular formula is C17H27ClO9. The Bertz CT molecular complexity index is 499. The molecule has 0 aromatic carbocycles. The van der Waals surface area contributed by atoms with Crippen LogP contribution in [0.15, 0.2) is 0 Å². The normalized spacial score (nSPS) is 23.0. The summed E-state index contributed by atoms with van der Waals surface area (Å²) in [7, 11) is 0. The van der Waals surface area contributed by atoms with E-state index in [2.05, 4.69) is 9.47 Å². The average Bonchev–Trinajstić information content (AvgIpc) is 2.92. The largest absolute Gasteiger partial charge is 0.516 e. The van der Waals surface area contributed by atoms with Gasteiger partial charge < -0.3 is 28.4 Å². The smallest absolute Gasteiger partial charge is 0.434 e. The van der Waals surface area contributed by atoms with Crippen molar-refractivity contribution >= 4 is 29.0 Å². The fourth-order valence-electron chi connectivity index (χ4n) is 2.55. The van der Waals surface area contributed by atoms with E-state index < -0.39 is 29.4 Å². The van der Waals surface area contributed by atoms with Gasteiger partial charge in [0.15, 0.2) is 12.1 Å². The second-order valence-electron chi connectivity index (χ2n) is 5.90. The van der Waals surface area contributed by atoms with Crippen LogP contribution < -0.4 is 0 Å². The minimum Gasteiger partial charge on any atom is -0.434 e. The summed E-state index contributed by atoms with van der Waals surface area (Å²) >= 11 is 5.36. The van der Waals surface area contributed by atoms with E-state index in [1.165, 1.54) is 0 Å². The molecule has 0 spiro atoms. The van der Waals surface area contributed by atoms with E-state index in [0.29, 0.717) is 26.1 Å². The minimum absolute atomic E-state index is 0.0591. The number of hydrogen-bond acceptors (Lipinski definition) is 9. The summed E-state index contributed by atoms with van der Waals surface area (Å²) in [6, 6.07) is 0. The number of carbonyl (C=O) groups is 3. The van der Waals surface area contributed by atoms with Crippen LogP contribution in [0, 0.1) is 0 Å². The molecule has 0 amide bonds. The van der Waals surface area contributed by atoms with Gasteiger partial charge >= 0.3 is 12.1 Å². The van der Waals surface area contributed by atoms with Gasteiger partial charge in [-0.15, -0.1) is 0 Å². The number of halogens is 1. The SMILES string of the molecule is CCOC(=O)OC(=O)CC1(CCCOC(CC(=O)Cl)OCC)OCC(C)O1. The third-order valence-electron chi connectivity index (χ3n) is 3.56. The van der Waals surface area contributed by atoms with E-state index in [1.807, 2.05) is 6.92 Å². The molecule has 0 radical (unpaired) electrons. The highest BCUT2D eigenvalue weighted by Gasteiger charge is 2.42. The molecule has 0 aliphatic carbocycles. The van der Waals surface area contributed by atoms with Gasteiger partial charge in [0.25, 0.3) is 0 Å². The van der Waals surface area contributed by atoms with Gasteiger partial charge in [-0.1, -0.05) is 0 Å². The third kappa shape index (κ3) is 9.48. The zero-order valence-corrected chi connectivity index (χ0v) is 16.6. The summed E-state index contributed by atoms with van der Waals surface area (Å²) in [5.41, 5.74) is 0. The Kier molecular flexibility index (Phi) is 10.8. The number of carbonyl (C=O) groups excluding carboxylic acids is 3. The summed E-state index contributed by atoms with van der Waals surface area (Å²) in [5, 5.41) is -0.553. The van der Waals surface area contributed by atoms with Crippen LogP contribution in [0.4, 0.5) is 4.79 Å². The highest BCUT2D eigenvalue weighted by molar-refractivity contribution is 6.63. The molecule has 10 heteroatoms. The molecule has 27 heavy (non-hydrogen) atoms. The van der Waals surface area contributed by atoms with Crippen molar-refractivity contribution in [2.75, 3.05) is 26.4 Å². The summed E-state index contributed by atoms with van der Waals surface area (Å²) in [6.07, 6.45) is -1.53. The molecule has 1 aliphatic rings. The third-order valence-corrected chi connectivity index (χ3v) is 3.71. The van der Waals surface area contributed by atoms with Gasteiger partial charge in [-0.05, 0) is 38.8 Å². The Labute approximate surface area is 163 Å². The van der Waals surface area contributed by atoms with Crippen molar-refractivity contribution in [1.82, 2.24) is 0 Å². The molecule has 1 saturated heterocycles. The molecule has 156 valence electrons. The Balaban J connectivity index is 2.50. The van der Waals surface area contributed by atoms with Gasteiger partial charge in [0.1, 0.15) is 6.42 Å². The fraction of sp³-hybridized carbons (Fsp3) is 0.824. The molecule has 1 aliphatic heterocycles. The van der Waals surface area contributed by atoms with E-state index >= 15 is 0 Å². The maximum absolute atomic E-state index is 12.0. The minimum atomic E-state index is -1.20. The van der Waals surface area contributed by atoms with E-state index in [1.54, 1.807) is 13.8 Å². The summed E-state index contributed by atoms with van der Waals surface area (Å²) in [4.78, 5) is 34.2. The van der Waals surface area contributed by atoms with Crippen LogP contribution in [-0.4, -0.2) is 62.0 Å². The molecule has 3 atom stereocenters. The Morgan fingerprint density at radius 1 is 1.22 bits per heavy atom.